The van der Waals surface area contributed by atoms with Crippen molar-refractivity contribution >= 4 is 11.6 Å². The average molecular weight is 340 g/mol. The molecule has 0 saturated carbocycles. The Kier molecular flexibility index (Phi) is 5.90. The Balaban J connectivity index is 1.63. The molecule has 25 heavy (non-hydrogen) atoms. The summed E-state index contributed by atoms with van der Waals surface area (Å²) < 4.78 is 11.3. The minimum Gasteiger partial charge on any atom is -0.455 e. The summed E-state index contributed by atoms with van der Waals surface area (Å²) in [4.78, 5) is 14.2. The van der Waals surface area contributed by atoms with Crippen LogP contribution in [-0.4, -0.2) is 38.8 Å². The lowest BCUT2D eigenvalue weighted by Gasteiger charge is -2.26. The van der Waals surface area contributed by atoms with Crippen LogP contribution in [0.25, 0.3) is 0 Å². The van der Waals surface area contributed by atoms with Gasteiger partial charge in [0.05, 0.1) is 12.2 Å². The molecule has 5 nitrogen and oxygen atoms in total. The Bertz CT molecular complexity index is 684. The summed E-state index contributed by atoms with van der Waals surface area (Å²) in [6, 6.07) is 17.6. The molecule has 2 aromatic rings. The molecule has 1 heterocycles. The molecule has 132 valence electrons. The highest BCUT2D eigenvalue weighted by Gasteiger charge is 2.18. The maximum absolute atomic E-state index is 12.3. The number of carbonyl (C=O) groups excluding carboxylic acids is 1. The van der Waals surface area contributed by atoms with Crippen LogP contribution in [-0.2, 0) is 9.53 Å². The number of carbonyl (C=O) groups is 1. The first-order chi connectivity index (χ1) is 12.2. The highest BCUT2D eigenvalue weighted by Crippen LogP contribution is 2.31. The molecule has 1 fully saturated rings. The summed E-state index contributed by atoms with van der Waals surface area (Å²) in [5.74, 6) is 1.52. The van der Waals surface area contributed by atoms with Gasteiger partial charge in [0.15, 0.2) is 5.75 Å². The first-order valence-electron chi connectivity index (χ1n) is 8.62. The summed E-state index contributed by atoms with van der Waals surface area (Å²) in [6.45, 7) is 1.72. The van der Waals surface area contributed by atoms with Crippen LogP contribution in [0.5, 0.6) is 11.5 Å². The number of hydrogen-bond donors (Lipinski definition) is 1. The molecule has 0 aromatic heterocycles. The van der Waals surface area contributed by atoms with E-state index in [1.165, 1.54) is 0 Å². The minimum atomic E-state index is 0.0175. The molecule has 0 unspecified atom stereocenters. The van der Waals surface area contributed by atoms with Gasteiger partial charge in [0, 0.05) is 26.3 Å². The predicted octanol–water partition coefficient (Wildman–Crippen LogP) is 3.21. The van der Waals surface area contributed by atoms with E-state index in [1.54, 1.807) is 0 Å². The summed E-state index contributed by atoms with van der Waals surface area (Å²) in [6.07, 6.45) is 1.76. The van der Waals surface area contributed by atoms with Crippen LogP contribution in [0.2, 0.25) is 0 Å². The molecule has 3 rings (SSSR count). The fraction of sp³-hybridized carbons (Fsp3) is 0.350. The molecular formula is C20H24N2O3. The lowest BCUT2D eigenvalue weighted by Crippen LogP contribution is -2.43. The summed E-state index contributed by atoms with van der Waals surface area (Å²) in [5.41, 5.74) is 0.883. The van der Waals surface area contributed by atoms with Gasteiger partial charge in [-0.3, -0.25) is 4.79 Å². The van der Waals surface area contributed by atoms with E-state index in [1.807, 2.05) is 66.5 Å². The van der Waals surface area contributed by atoms with Crippen LogP contribution in [0.15, 0.2) is 54.6 Å². The first kappa shape index (κ1) is 17.3. The van der Waals surface area contributed by atoms with Crippen LogP contribution in [0, 0.1) is 0 Å². The lowest BCUT2D eigenvalue weighted by molar-refractivity contribution is -0.121. The molecule has 0 aliphatic carbocycles. The zero-order valence-corrected chi connectivity index (χ0v) is 14.5. The van der Waals surface area contributed by atoms with Crippen LogP contribution in [0.1, 0.15) is 12.8 Å². The average Bonchev–Trinajstić information content (AvgIpc) is 2.63. The number of anilines is 1. The van der Waals surface area contributed by atoms with Gasteiger partial charge in [-0.05, 0) is 37.1 Å². The van der Waals surface area contributed by atoms with E-state index in [0.717, 1.165) is 30.0 Å². The van der Waals surface area contributed by atoms with Crippen molar-refractivity contribution in [1.82, 2.24) is 5.32 Å². The number of likely N-dealkylation sites (N-methyl/N-ethyl adjacent to an activating group) is 1. The van der Waals surface area contributed by atoms with Crippen molar-refractivity contribution < 1.29 is 14.3 Å². The van der Waals surface area contributed by atoms with E-state index in [2.05, 4.69) is 5.32 Å². The maximum Gasteiger partial charge on any atom is 0.239 e. The number of rotatable bonds is 6. The fourth-order valence-electron chi connectivity index (χ4n) is 2.89. The number of ether oxygens (including phenoxy) is 2. The lowest BCUT2D eigenvalue weighted by atomic mass is 10.1. The zero-order valence-electron chi connectivity index (χ0n) is 14.5. The topological polar surface area (TPSA) is 50.8 Å². The molecule has 1 aliphatic heterocycles. The largest absolute Gasteiger partial charge is 0.455 e. The van der Waals surface area contributed by atoms with Crippen molar-refractivity contribution in [2.45, 2.75) is 18.9 Å². The fourth-order valence-corrected chi connectivity index (χ4v) is 2.89. The Labute approximate surface area is 148 Å². The Morgan fingerprint density at radius 1 is 1.12 bits per heavy atom. The monoisotopic (exact) mass is 340 g/mol. The van der Waals surface area contributed by atoms with E-state index in [0.29, 0.717) is 13.2 Å². The number of amides is 1. The quantitative estimate of drug-likeness (QED) is 0.877. The van der Waals surface area contributed by atoms with Gasteiger partial charge in [-0.1, -0.05) is 30.3 Å². The van der Waals surface area contributed by atoms with Gasteiger partial charge in [0.1, 0.15) is 5.75 Å². The molecule has 2 aromatic carbocycles. The van der Waals surface area contributed by atoms with Crippen LogP contribution in [0.3, 0.4) is 0 Å². The van der Waals surface area contributed by atoms with Crippen molar-refractivity contribution in [1.29, 1.82) is 0 Å². The molecule has 5 heteroatoms. The molecule has 0 atom stereocenters. The van der Waals surface area contributed by atoms with E-state index < -0.39 is 0 Å². The Morgan fingerprint density at radius 3 is 2.56 bits per heavy atom. The van der Waals surface area contributed by atoms with Crippen molar-refractivity contribution in [2.75, 3.05) is 31.7 Å². The molecule has 1 amide bonds. The zero-order chi connectivity index (χ0) is 17.5. The van der Waals surface area contributed by atoms with Gasteiger partial charge in [0.2, 0.25) is 5.91 Å². The van der Waals surface area contributed by atoms with Gasteiger partial charge < -0.3 is 19.7 Å². The van der Waals surface area contributed by atoms with Crippen molar-refractivity contribution in [3.63, 3.8) is 0 Å². The normalized spacial score (nSPS) is 14.8. The van der Waals surface area contributed by atoms with E-state index in [-0.39, 0.29) is 18.5 Å². The molecule has 0 radical (unpaired) electrons. The molecule has 0 bridgehead atoms. The number of nitrogens with one attached hydrogen (secondary N) is 1. The third-order valence-electron chi connectivity index (χ3n) is 4.21. The second-order valence-electron chi connectivity index (χ2n) is 6.19. The second kappa shape index (κ2) is 8.53. The standard InChI is InChI=1S/C20H24N2O3/c1-22(15-20(23)21-16-11-13-24-14-12-16)18-9-5-6-10-19(18)25-17-7-3-2-4-8-17/h2-10,16H,11-15H2,1H3,(H,21,23). The van der Waals surface area contributed by atoms with Crippen molar-refractivity contribution in [2.24, 2.45) is 0 Å². The van der Waals surface area contributed by atoms with Gasteiger partial charge in [-0.15, -0.1) is 0 Å². The van der Waals surface area contributed by atoms with Crippen LogP contribution < -0.4 is 15.0 Å². The number of benzene rings is 2. The molecule has 0 spiro atoms. The van der Waals surface area contributed by atoms with Gasteiger partial charge in [-0.2, -0.15) is 0 Å². The second-order valence-corrected chi connectivity index (χ2v) is 6.19. The third-order valence-corrected chi connectivity index (χ3v) is 4.21. The smallest absolute Gasteiger partial charge is 0.239 e. The highest BCUT2D eigenvalue weighted by molar-refractivity contribution is 5.82. The van der Waals surface area contributed by atoms with Gasteiger partial charge >= 0.3 is 0 Å². The Hall–Kier alpha value is -2.53. The highest BCUT2D eigenvalue weighted by atomic mass is 16.5. The van der Waals surface area contributed by atoms with Crippen LogP contribution in [0.4, 0.5) is 5.69 Å². The SMILES string of the molecule is CN(CC(=O)NC1CCOCC1)c1ccccc1Oc1ccccc1. The molecular weight excluding hydrogens is 316 g/mol. The number of hydrogen-bond acceptors (Lipinski definition) is 4. The number of nitrogens with zero attached hydrogens (tertiary/aromatic N) is 1. The maximum atomic E-state index is 12.3. The van der Waals surface area contributed by atoms with Crippen molar-refractivity contribution in [3.8, 4) is 11.5 Å². The van der Waals surface area contributed by atoms with E-state index in [9.17, 15) is 4.79 Å². The van der Waals surface area contributed by atoms with Gasteiger partial charge in [0.25, 0.3) is 0 Å². The molecule has 1 saturated heterocycles. The van der Waals surface area contributed by atoms with Gasteiger partial charge in [-0.25, -0.2) is 0 Å². The molecule has 1 N–H and O–H groups in total. The first-order valence-corrected chi connectivity index (χ1v) is 8.62. The summed E-state index contributed by atoms with van der Waals surface area (Å²) >= 11 is 0. The summed E-state index contributed by atoms with van der Waals surface area (Å²) in [7, 11) is 1.90. The summed E-state index contributed by atoms with van der Waals surface area (Å²) in [5, 5.41) is 3.09. The van der Waals surface area contributed by atoms with Crippen LogP contribution >= 0.6 is 0 Å². The number of para-hydroxylation sites is 3. The van der Waals surface area contributed by atoms with Crippen molar-refractivity contribution in [3.05, 3.63) is 54.6 Å². The predicted molar refractivity (Wildman–Crippen MR) is 98.2 cm³/mol. The molecule has 1 aliphatic rings. The minimum absolute atomic E-state index is 0.0175. The van der Waals surface area contributed by atoms with E-state index in [4.69, 9.17) is 9.47 Å². The van der Waals surface area contributed by atoms with E-state index >= 15 is 0 Å². The third kappa shape index (κ3) is 4.97. The Morgan fingerprint density at radius 2 is 1.80 bits per heavy atom.